The van der Waals surface area contributed by atoms with E-state index in [-0.39, 0.29) is 79.0 Å². The molecule has 2 aliphatic rings. The van der Waals surface area contributed by atoms with E-state index in [4.69, 9.17) is 9.72 Å². The highest BCUT2D eigenvalue weighted by Crippen LogP contribution is 2.43. The lowest BCUT2D eigenvalue weighted by molar-refractivity contribution is -0.151. The van der Waals surface area contributed by atoms with E-state index in [1.807, 2.05) is 18.0 Å². The molecule has 3 atom stereocenters. The quantitative estimate of drug-likeness (QED) is 0.152. The van der Waals surface area contributed by atoms with Gasteiger partial charge in [-0.2, -0.15) is 13.2 Å². The third kappa shape index (κ3) is 11.5. The van der Waals surface area contributed by atoms with Crippen molar-refractivity contribution >= 4 is 54.5 Å². The van der Waals surface area contributed by atoms with Crippen molar-refractivity contribution in [2.75, 3.05) is 33.2 Å². The van der Waals surface area contributed by atoms with Crippen LogP contribution >= 0.6 is 48.6 Å². The van der Waals surface area contributed by atoms with E-state index in [0.29, 0.717) is 24.3 Å². The van der Waals surface area contributed by atoms with Crippen molar-refractivity contribution in [2.24, 2.45) is 5.92 Å². The Labute approximate surface area is 316 Å². The number of piperidine rings is 1. The highest BCUT2D eigenvalue weighted by Gasteiger charge is 2.39. The lowest BCUT2D eigenvalue weighted by Gasteiger charge is -2.34. The topological polar surface area (TPSA) is 45.7 Å². The third-order valence-electron chi connectivity index (χ3n) is 9.91. The van der Waals surface area contributed by atoms with Crippen molar-refractivity contribution in [3.63, 3.8) is 0 Å². The number of alkyl halides is 3. The van der Waals surface area contributed by atoms with Gasteiger partial charge in [-0.05, 0) is 120 Å². The van der Waals surface area contributed by atoms with Gasteiger partial charge in [0.2, 0.25) is 0 Å². The van der Waals surface area contributed by atoms with E-state index in [1.165, 1.54) is 23.1 Å². The molecule has 1 aliphatic heterocycles. The van der Waals surface area contributed by atoms with Crippen LogP contribution in [0.3, 0.4) is 0 Å². The molecule has 280 valence electrons. The Morgan fingerprint density at radius 2 is 1.70 bits per heavy atom. The average molecular weight is 783 g/mol. The number of nitrogens with zero attached hydrogens (tertiary/aromatic N) is 3. The number of ether oxygens (including phenoxy) is 1. The number of likely N-dealkylation sites (tertiary alicyclic amines) is 1. The molecule has 5 rings (SSSR count). The molecule has 1 saturated heterocycles. The minimum atomic E-state index is -4.36. The Morgan fingerprint density at radius 1 is 1.02 bits per heavy atom. The molecule has 50 heavy (non-hydrogen) atoms. The summed E-state index contributed by atoms with van der Waals surface area (Å²) in [4.78, 5) is 23.4. The first-order valence-corrected chi connectivity index (χ1v) is 17.5. The van der Waals surface area contributed by atoms with Crippen LogP contribution in [-0.4, -0.2) is 65.6 Å². The average Bonchev–Trinajstić information content (AvgIpc) is 3.60. The molecule has 0 amide bonds. The van der Waals surface area contributed by atoms with Gasteiger partial charge in [0.25, 0.3) is 0 Å². The monoisotopic (exact) mass is 781 g/mol. The number of hydrogen-bond donors (Lipinski definition) is 0. The fourth-order valence-electron chi connectivity index (χ4n) is 6.98. The SMILES string of the molecule is CCc1nc(Cc2cccc(C(F)(F)F)c2)sc1C1CCN(C[C@H]2C[C@H](OC(=O)CN(C)C(C)(C)C)C[C@@H]2c2cccc(F)c2)CC1.Cl.Cl.Cl. The summed E-state index contributed by atoms with van der Waals surface area (Å²) in [5.41, 5.74) is 1.86. The minimum Gasteiger partial charge on any atom is -0.461 e. The zero-order valence-corrected chi connectivity index (χ0v) is 32.6. The second-order valence-electron chi connectivity index (χ2n) is 14.3. The Bertz CT molecular complexity index is 1530. The molecule has 0 unspecified atom stereocenters. The van der Waals surface area contributed by atoms with Gasteiger partial charge in [0.15, 0.2) is 0 Å². The van der Waals surface area contributed by atoms with Crippen LogP contribution in [-0.2, 0) is 28.5 Å². The van der Waals surface area contributed by atoms with Gasteiger partial charge in [-0.25, -0.2) is 9.37 Å². The maximum Gasteiger partial charge on any atom is 0.416 e. The summed E-state index contributed by atoms with van der Waals surface area (Å²) in [6.45, 7) is 11.2. The number of carbonyl (C=O) groups is 1. The number of likely N-dealkylation sites (N-methyl/N-ethyl adjacent to an activating group) is 1. The van der Waals surface area contributed by atoms with Crippen LogP contribution in [0.2, 0.25) is 0 Å². The highest BCUT2D eigenvalue weighted by atomic mass is 35.5. The van der Waals surface area contributed by atoms with Crippen LogP contribution < -0.4 is 0 Å². The molecule has 13 heteroatoms. The zero-order chi connectivity index (χ0) is 33.9. The Hall–Kier alpha value is -1.95. The maximum atomic E-state index is 14.3. The molecule has 0 bridgehead atoms. The van der Waals surface area contributed by atoms with Gasteiger partial charge in [0, 0.05) is 23.4 Å². The molecular weight excluding hydrogens is 733 g/mol. The zero-order valence-electron chi connectivity index (χ0n) is 29.3. The predicted octanol–water partition coefficient (Wildman–Crippen LogP) is 9.73. The smallest absolute Gasteiger partial charge is 0.416 e. The minimum absolute atomic E-state index is 0. The summed E-state index contributed by atoms with van der Waals surface area (Å²) in [5, 5.41) is 0.858. The fourth-order valence-corrected chi connectivity index (χ4v) is 8.33. The van der Waals surface area contributed by atoms with Crippen LogP contribution in [0.5, 0.6) is 0 Å². The summed E-state index contributed by atoms with van der Waals surface area (Å²) in [7, 11) is 1.92. The van der Waals surface area contributed by atoms with E-state index in [9.17, 15) is 22.4 Å². The maximum absolute atomic E-state index is 14.3. The van der Waals surface area contributed by atoms with E-state index >= 15 is 0 Å². The molecule has 2 fully saturated rings. The van der Waals surface area contributed by atoms with Gasteiger partial charge >= 0.3 is 12.1 Å². The normalized spacial score (nSPS) is 20.2. The number of thiazole rings is 1. The van der Waals surface area contributed by atoms with Gasteiger partial charge in [-0.15, -0.1) is 48.6 Å². The third-order valence-corrected chi connectivity index (χ3v) is 11.2. The van der Waals surface area contributed by atoms with Gasteiger partial charge in [0.1, 0.15) is 11.9 Å². The molecular formula is C37H50Cl3F4N3O2S. The Balaban J connectivity index is 0.00000289. The molecule has 5 nitrogen and oxygen atoms in total. The number of rotatable bonds is 10. The van der Waals surface area contributed by atoms with E-state index in [1.54, 1.807) is 29.5 Å². The number of halogens is 7. The first-order chi connectivity index (χ1) is 22.2. The number of hydrogen-bond acceptors (Lipinski definition) is 6. The summed E-state index contributed by atoms with van der Waals surface area (Å²) in [6.07, 6.45) is 0.00705. The number of carbonyl (C=O) groups excluding carboxylic acids is 1. The summed E-state index contributed by atoms with van der Waals surface area (Å²) in [5.74, 6) is 0.229. The van der Waals surface area contributed by atoms with Crippen molar-refractivity contribution in [3.8, 4) is 0 Å². The van der Waals surface area contributed by atoms with Crippen LogP contribution in [0, 0.1) is 11.7 Å². The second kappa shape index (κ2) is 18.7. The summed E-state index contributed by atoms with van der Waals surface area (Å²) in [6, 6.07) is 12.3. The lowest BCUT2D eigenvalue weighted by Crippen LogP contribution is -2.42. The number of esters is 1. The number of aryl methyl sites for hydroxylation is 1. The Morgan fingerprint density at radius 3 is 2.32 bits per heavy atom. The van der Waals surface area contributed by atoms with Crippen molar-refractivity contribution in [1.29, 1.82) is 0 Å². The molecule has 2 heterocycles. The highest BCUT2D eigenvalue weighted by molar-refractivity contribution is 7.11. The van der Waals surface area contributed by atoms with E-state index in [2.05, 4.69) is 32.6 Å². The van der Waals surface area contributed by atoms with Crippen molar-refractivity contribution < 1.29 is 27.1 Å². The molecule has 1 aliphatic carbocycles. The van der Waals surface area contributed by atoms with Gasteiger partial charge in [0.05, 0.1) is 22.8 Å². The lowest BCUT2D eigenvalue weighted by atomic mass is 9.87. The molecule has 2 aromatic carbocycles. The van der Waals surface area contributed by atoms with Crippen molar-refractivity contribution in [3.05, 3.63) is 86.6 Å². The first-order valence-electron chi connectivity index (χ1n) is 16.7. The van der Waals surface area contributed by atoms with Crippen LogP contribution in [0.25, 0.3) is 0 Å². The second-order valence-corrected chi connectivity index (χ2v) is 15.4. The fraction of sp³-hybridized carbons (Fsp3) is 0.568. The first kappa shape index (κ1) is 44.2. The molecule has 0 spiro atoms. The standard InChI is InChI=1S/C37H47F4N3O2S.3ClH/c1-6-32-35(47-33(42-32)18-24-9-7-11-28(17-24)37(39,40)41)25-13-15-44(16-14-25)22-27-20-30(46-34(45)23-43(5)36(2,3)4)21-31(27)26-10-8-12-29(38)19-26;;;/h7-12,17,19,25,27,30-31H,6,13-16,18,20-23H2,1-5H3;3*1H/t27-,30+,31-;;;/m1.../s1. The Kier molecular flexibility index (Phi) is 16.5. The predicted molar refractivity (Wildman–Crippen MR) is 200 cm³/mol. The summed E-state index contributed by atoms with van der Waals surface area (Å²) >= 11 is 1.65. The largest absolute Gasteiger partial charge is 0.461 e. The van der Waals surface area contributed by atoms with Crippen molar-refractivity contribution in [2.45, 2.75) is 95.9 Å². The molecule has 3 aromatic rings. The van der Waals surface area contributed by atoms with Crippen LogP contribution in [0.1, 0.15) is 97.5 Å². The van der Waals surface area contributed by atoms with Gasteiger partial charge in [-0.1, -0.05) is 37.3 Å². The van der Waals surface area contributed by atoms with E-state index in [0.717, 1.165) is 67.6 Å². The number of benzene rings is 2. The van der Waals surface area contributed by atoms with Gasteiger partial charge in [-0.3, -0.25) is 9.69 Å². The molecule has 1 aromatic heterocycles. The van der Waals surface area contributed by atoms with Crippen LogP contribution in [0.15, 0.2) is 48.5 Å². The van der Waals surface area contributed by atoms with Gasteiger partial charge < -0.3 is 9.64 Å². The molecule has 0 radical (unpaired) electrons. The number of aromatic nitrogens is 1. The van der Waals surface area contributed by atoms with E-state index < -0.39 is 11.7 Å². The van der Waals surface area contributed by atoms with Crippen molar-refractivity contribution in [1.82, 2.24) is 14.8 Å². The van der Waals surface area contributed by atoms with Crippen LogP contribution in [0.4, 0.5) is 17.6 Å². The molecule has 0 N–H and O–H groups in total. The summed E-state index contributed by atoms with van der Waals surface area (Å²) < 4.78 is 60.0. The molecule has 1 saturated carbocycles.